The molecule has 1 aromatic heterocycles. The van der Waals surface area contributed by atoms with Gasteiger partial charge in [0.05, 0.1) is 6.04 Å². The normalized spacial score (nSPS) is 15.3. The van der Waals surface area contributed by atoms with Crippen LogP contribution in [0.3, 0.4) is 0 Å². The summed E-state index contributed by atoms with van der Waals surface area (Å²) < 4.78 is 2.14. The molecule has 1 aliphatic carbocycles. The molecule has 1 aliphatic rings. The summed E-state index contributed by atoms with van der Waals surface area (Å²) in [4.78, 5) is 0. The van der Waals surface area contributed by atoms with Gasteiger partial charge in [0.15, 0.2) is 0 Å². The van der Waals surface area contributed by atoms with Crippen LogP contribution < -0.4 is 0 Å². The van der Waals surface area contributed by atoms with Gasteiger partial charge in [0, 0.05) is 22.9 Å². The molecule has 0 saturated heterocycles. The standard InChI is InChI=1S/C12H17N3S.C2H6/c1-12(2,3)10-7-11(16-8-13)14-15(10)9-5-4-6-9;1-2/h7,9H,4-6H2,1-3H3;1-2H3. The van der Waals surface area contributed by atoms with Crippen LogP contribution in [0.2, 0.25) is 0 Å². The largest absolute Gasteiger partial charge is 0.265 e. The fourth-order valence-electron chi connectivity index (χ4n) is 1.94. The maximum absolute atomic E-state index is 8.70. The van der Waals surface area contributed by atoms with E-state index >= 15 is 0 Å². The average molecular weight is 265 g/mol. The SMILES string of the molecule is CC.CC(C)(C)c1cc(SC#N)nn1C1CCC1. The fourth-order valence-corrected chi connectivity index (χ4v) is 2.33. The van der Waals surface area contributed by atoms with Gasteiger partial charge in [-0.05, 0) is 25.3 Å². The smallest absolute Gasteiger partial charge is 0.140 e. The lowest BCUT2D eigenvalue weighted by Gasteiger charge is -2.31. The van der Waals surface area contributed by atoms with Gasteiger partial charge in [-0.2, -0.15) is 10.4 Å². The van der Waals surface area contributed by atoms with Crippen LogP contribution in [0, 0.1) is 10.7 Å². The highest BCUT2D eigenvalue weighted by atomic mass is 32.2. The number of hydrogen-bond donors (Lipinski definition) is 0. The third-order valence-corrected chi connectivity index (χ3v) is 3.55. The average Bonchev–Trinajstić information content (AvgIpc) is 2.62. The Morgan fingerprint density at radius 1 is 1.39 bits per heavy atom. The summed E-state index contributed by atoms with van der Waals surface area (Å²) in [6, 6.07) is 2.62. The van der Waals surface area contributed by atoms with Crippen molar-refractivity contribution in [3.05, 3.63) is 11.8 Å². The molecular weight excluding hydrogens is 242 g/mol. The number of hydrogen-bond acceptors (Lipinski definition) is 3. The zero-order valence-electron chi connectivity index (χ0n) is 12.0. The van der Waals surface area contributed by atoms with E-state index in [4.69, 9.17) is 5.26 Å². The molecule has 2 rings (SSSR count). The summed E-state index contributed by atoms with van der Waals surface area (Å²) in [6.07, 6.45) is 3.75. The highest BCUT2D eigenvalue weighted by Crippen LogP contribution is 2.36. The Bertz CT molecular complexity index is 419. The lowest BCUT2D eigenvalue weighted by Crippen LogP contribution is -2.25. The second-order valence-corrected chi connectivity index (χ2v) is 6.15. The maximum atomic E-state index is 8.70. The first-order chi connectivity index (χ1) is 8.52. The highest BCUT2D eigenvalue weighted by Gasteiger charge is 2.28. The van der Waals surface area contributed by atoms with E-state index in [-0.39, 0.29) is 5.41 Å². The quantitative estimate of drug-likeness (QED) is 0.584. The third kappa shape index (κ3) is 3.29. The van der Waals surface area contributed by atoms with E-state index in [0.29, 0.717) is 6.04 Å². The van der Waals surface area contributed by atoms with Crippen LogP contribution in [0.4, 0.5) is 0 Å². The van der Waals surface area contributed by atoms with Gasteiger partial charge < -0.3 is 0 Å². The Hall–Kier alpha value is -0.950. The van der Waals surface area contributed by atoms with Crippen molar-refractivity contribution in [2.75, 3.05) is 0 Å². The van der Waals surface area contributed by atoms with Crippen molar-refractivity contribution in [1.82, 2.24) is 9.78 Å². The molecule has 0 aromatic carbocycles. The zero-order valence-corrected chi connectivity index (χ0v) is 12.8. The van der Waals surface area contributed by atoms with Crippen molar-refractivity contribution < 1.29 is 0 Å². The van der Waals surface area contributed by atoms with Crippen LogP contribution in [-0.4, -0.2) is 9.78 Å². The van der Waals surface area contributed by atoms with E-state index in [2.05, 4.69) is 42.0 Å². The summed E-state index contributed by atoms with van der Waals surface area (Å²) in [5, 5.41) is 16.2. The van der Waals surface area contributed by atoms with E-state index in [1.165, 1.54) is 25.0 Å². The highest BCUT2D eigenvalue weighted by molar-refractivity contribution is 8.03. The van der Waals surface area contributed by atoms with Gasteiger partial charge in [0.25, 0.3) is 0 Å². The zero-order chi connectivity index (χ0) is 13.8. The van der Waals surface area contributed by atoms with E-state index in [9.17, 15) is 0 Å². The molecule has 0 aliphatic heterocycles. The Kier molecular flexibility index (Phi) is 5.28. The molecular formula is C14H23N3S. The van der Waals surface area contributed by atoms with Crippen LogP contribution in [0.15, 0.2) is 11.1 Å². The second kappa shape index (κ2) is 6.29. The molecule has 4 heteroatoms. The van der Waals surface area contributed by atoms with Crippen molar-refractivity contribution in [2.45, 2.75) is 70.4 Å². The first-order valence-corrected chi connectivity index (χ1v) is 7.50. The van der Waals surface area contributed by atoms with E-state index in [1.807, 2.05) is 13.8 Å². The predicted molar refractivity (Wildman–Crippen MR) is 76.6 cm³/mol. The third-order valence-electron chi connectivity index (χ3n) is 3.05. The summed E-state index contributed by atoms with van der Waals surface area (Å²) in [5.74, 6) is 0. The maximum Gasteiger partial charge on any atom is 0.140 e. The molecule has 1 heterocycles. The number of nitriles is 1. The minimum absolute atomic E-state index is 0.0941. The van der Waals surface area contributed by atoms with Crippen LogP contribution in [0.5, 0.6) is 0 Å². The lowest BCUT2D eigenvalue weighted by atomic mass is 9.88. The molecule has 0 atom stereocenters. The fraction of sp³-hybridized carbons (Fsp3) is 0.714. The lowest BCUT2D eigenvalue weighted by molar-refractivity contribution is 0.269. The van der Waals surface area contributed by atoms with Gasteiger partial charge in [0.2, 0.25) is 0 Å². The van der Waals surface area contributed by atoms with E-state index in [0.717, 1.165) is 16.8 Å². The summed E-state index contributed by atoms with van der Waals surface area (Å²) in [7, 11) is 0. The molecule has 100 valence electrons. The predicted octanol–water partition coefficient (Wildman–Crippen LogP) is 4.50. The van der Waals surface area contributed by atoms with Gasteiger partial charge in [-0.1, -0.05) is 34.6 Å². The minimum Gasteiger partial charge on any atom is -0.265 e. The van der Waals surface area contributed by atoms with E-state index < -0.39 is 0 Å². The summed E-state index contributed by atoms with van der Waals surface area (Å²) in [6.45, 7) is 10.6. The summed E-state index contributed by atoms with van der Waals surface area (Å²) >= 11 is 1.15. The van der Waals surface area contributed by atoms with Crippen LogP contribution in [0.1, 0.15) is 65.6 Å². The van der Waals surface area contributed by atoms with Crippen molar-refractivity contribution in [1.29, 1.82) is 5.26 Å². The molecule has 0 N–H and O–H groups in total. The summed E-state index contributed by atoms with van der Waals surface area (Å²) in [5.41, 5.74) is 1.34. The van der Waals surface area contributed by atoms with Crippen LogP contribution in [-0.2, 0) is 5.41 Å². The van der Waals surface area contributed by atoms with Gasteiger partial charge in [-0.25, -0.2) is 0 Å². The Labute approximate surface area is 115 Å². The Morgan fingerprint density at radius 2 is 2.00 bits per heavy atom. The van der Waals surface area contributed by atoms with Crippen molar-refractivity contribution in [3.63, 3.8) is 0 Å². The van der Waals surface area contributed by atoms with E-state index in [1.54, 1.807) is 0 Å². The molecule has 3 nitrogen and oxygen atoms in total. The van der Waals surface area contributed by atoms with Crippen molar-refractivity contribution >= 4 is 11.8 Å². The first kappa shape index (κ1) is 15.1. The molecule has 1 fully saturated rings. The van der Waals surface area contributed by atoms with Crippen LogP contribution >= 0.6 is 11.8 Å². The number of thiocyanates is 1. The number of rotatable bonds is 2. The Morgan fingerprint density at radius 3 is 2.39 bits per heavy atom. The Balaban J connectivity index is 0.000000771. The van der Waals surface area contributed by atoms with Gasteiger partial charge in [-0.15, -0.1) is 0 Å². The van der Waals surface area contributed by atoms with Crippen LogP contribution in [0.25, 0.3) is 0 Å². The van der Waals surface area contributed by atoms with Crippen molar-refractivity contribution in [2.24, 2.45) is 0 Å². The topological polar surface area (TPSA) is 41.6 Å². The van der Waals surface area contributed by atoms with Gasteiger partial charge in [0.1, 0.15) is 10.4 Å². The molecule has 18 heavy (non-hydrogen) atoms. The molecule has 1 saturated carbocycles. The number of nitrogens with zero attached hydrogens (tertiary/aromatic N) is 3. The van der Waals surface area contributed by atoms with Gasteiger partial charge in [-0.3, -0.25) is 4.68 Å². The monoisotopic (exact) mass is 265 g/mol. The number of aromatic nitrogens is 2. The molecule has 0 bridgehead atoms. The number of thioether (sulfide) groups is 1. The first-order valence-electron chi connectivity index (χ1n) is 6.68. The molecule has 1 aromatic rings. The molecule has 0 spiro atoms. The molecule has 0 unspecified atom stereocenters. The minimum atomic E-state index is 0.0941. The molecule has 0 radical (unpaired) electrons. The van der Waals surface area contributed by atoms with Gasteiger partial charge >= 0.3 is 0 Å². The molecule has 0 amide bonds. The second-order valence-electron chi connectivity index (χ2n) is 5.34. The van der Waals surface area contributed by atoms with Crippen molar-refractivity contribution in [3.8, 4) is 5.40 Å².